The van der Waals surface area contributed by atoms with E-state index in [9.17, 15) is 4.79 Å². The molecule has 0 bridgehead atoms. The Balaban J connectivity index is 1.89. The molecule has 7 nitrogen and oxygen atoms in total. The van der Waals surface area contributed by atoms with Crippen LogP contribution in [0.4, 0.5) is 5.82 Å². The van der Waals surface area contributed by atoms with E-state index < -0.39 is 0 Å². The second-order valence-electron chi connectivity index (χ2n) is 7.29. The van der Waals surface area contributed by atoms with Crippen LogP contribution in [0.5, 0.6) is 17.2 Å². The molecule has 0 saturated heterocycles. The first kappa shape index (κ1) is 21.1. The van der Waals surface area contributed by atoms with Gasteiger partial charge >= 0.3 is 0 Å². The third-order valence-electron chi connectivity index (χ3n) is 5.28. The molecule has 4 rings (SSSR count). The van der Waals surface area contributed by atoms with Crippen molar-refractivity contribution in [1.29, 1.82) is 0 Å². The van der Waals surface area contributed by atoms with E-state index in [2.05, 4.69) is 5.32 Å². The zero-order chi connectivity index (χ0) is 22.1. The van der Waals surface area contributed by atoms with Gasteiger partial charge < -0.3 is 19.5 Å². The first-order valence-electron chi connectivity index (χ1n) is 9.84. The standard InChI is InChI=1S/C23H25N3O4S/c1-13-6-8-16(9-7-13)26-23-20(14(2)25-26)22(31-12-19(27)24-23)15-10-17(28-3)21(30-5)18(11-15)29-4/h6-11,22H,12H2,1-5H3,(H,24,27)/t22-/m0/s1. The Morgan fingerprint density at radius 2 is 1.68 bits per heavy atom. The van der Waals surface area contributed by atoms with Crippen molar-refractivity contribution in [3.8, 4) is 22.9 Å². The summed E-state index contributed by atoms with van der Waals surface area (Å²) in [6.45, 7) is 4.00. The number of aryl methyl sites for hydroxylation is 2. The minimum atomic E-state index is -0.137. The lowest BCUT2D eigenvalue weighted by Crippen LogP contribution is -2.15. The van der Waals surface area contributed by atoms with Crippen LogP contribution in [0.15, 0.2) is 36.4 Å². The van der Waals surface area contributed by atoms with E-state index in [1.54, 1.807) is 37.8 Å². The minimum Gasteiger partial charge on any atom is -0.493 e. The summed E-state index contributed by atoms with van der Waals surface area (Å²) < 4.78 is 18.4. The Hall–Kier alpha value is -3.13. The number of amides is 1. The number of rotatable bonds is 5. The van der Waals surface area contributed by atoms with Crippen LogP contribution in [0.2, 0.25) is 0 Å². The molecular formula is C23H25N3O4S. The summed E-state index contributed by atoms with van der Waals surface area (Å²) in [5.74, 6) is 2.64. The highest BCUT2D eigenvalue weighted by molar-refractivity contribution is 8.00. The number of anilines is 1. The summed E-state index contributed by atoms with van der Waals surface area (Å²) in [5.41, 5.74) is 4.82. The quantitative estimate of drug-likeness (QED) is 0.639. The number of methoxy groups -OCH3 is 3. The van der Waals surface area contributed by atoms with Crippen LogP contribution >= 0.6 is 11.8 Å². The summed E-state index contributed by atoms with van der Waals surface area (Å²) in [4.78, 5) is 12.6. The number of thioether (sulfide) groups is 1. The lowest BCUT2D eigenvalue weighted by molar-refractivity contribution is -0.113. The van der Waals surface area contributed by atoms with Crippen molar-refractivity contribution in [3.05, 3.63) is 58.8 Å². The molecule has 0 spiro atoms. The summed E-state index contributed by atoms with van der Waals surface area (Å²) in [6.07, 6.45) is 0. The van der Waals surface area contributed by atoms with Crippen LogP contribution in [0.3, 0.4) is 0 Å². The molecule has 0 unspecified atom stereocenters. The average molecular weight is 440 g/mol. The van der Waals surface area contributed by atoms with Gasteiger partial charge in [-0.3, -0.25) is 4.79 Å². The lowest BCUT2D eigenvalue weighted by Gasteiger charge is -2.19. The normalized spacial score (nSPS) is 15.6. The maximum Gasteiger partial charge on any atom is 0.235 e. The largest absolute Gasteiger partial charge is 0.493 e. The first-order valence-corrected chi connectivity index (χ1v) is 10.9. The summed E-state index contributed by atoms with van der Waals surface area (Å²) >= 11 is 1.55. The van der Waals surface area contributed by atoms with Gasteiger partial charge in [0.1, 0.15) is 5.82 Å². The Kier molecular flexibility index (Phi) is 5.82. The molecule has 1 aliphatic rings. The summed E-state index contributed by atoms with van der Waals surface area (Å²) in [7, 11) is 4.77. The number of hydrogen-bond acceptors (Lipinski definition) is 6. The Bertz CT molecular complexity index is 1100. The molecular weight excluding hydrogens is 414 g/mol. The van der Waals surface area contributed by atoms with Gasteiger partial charge in [-0.25, -0.2) is 4.68 Å². The Labute approximate surface area is 185 Å². The van der Waals surface area contributed by atoms with Crippen LogP contribution in [0.25, 0.3) is 5.69 Å². The number of nitrogens with zero attached hydrogens (tertiary/aromatic N) is 2. The van der Waals surface area contributed by atoms with Crippen molar-refractivity contribution < 1.29 is 19.0 Å². The van der Waals surface area contributed by atoms with Crippen molar-refractivity contribution in [1.82, 2.24) is 9.78 Å². The molecule has 8 heteroatoms. The van der Waals surface area contributed by atoms with Crippen molar-refractivity contribution in [2.45, 2.75) is 19.1 Å². The number of aromatic nitrogens is 2. The zero-order valence-corrected chi connectivity index (χ0v) is 19.0. The molecule has 162 valence electrons. The third kappa shape index (κ3) is 3.83. The number of benzene rings is 2. The molecule has 0 radical (unpaired) electrons. The smallest absolute Gasteiger partial charge is 0.235 e. The van der Waals surface area contributed by atoms with Crippen molar-refractivity contribution in [2.24, 2.45) is 0 Å². The lowest BCUT2D eigenvalue weighted by atomic mass is 10.0. The maximum absolute atomic E-state index is 12.6. The van der Waals surface area contributed by atoms with E-state index >= 15 is 0 Å². The highest BCUT2D eigenvalue weighted by Crippen LogP contribution is 2.48. The van der Waals surface area contributed by atoms with Crippen LogP contribution < -0.4 is 19.5 Å². The predicted octanol–water partition coefficient (Wildman–Crippen LogP) is 4.29. The molecule has 1 aliphatic heterocycles. The number of carbonyl (C=O) groups excluding carboxylic acids is 1. The van der Waals surface area contributed by atoms with Gasteiger partial charge in [-0.05, 0) is 43.7 Å². The highest BCUT2D eigenvalue weighted by atomic mass is 32.2. The Morgan fingerprint density at radius 3 is 2.26 bits per heavy atom. The van der Waals surface area contributed by atoms with E-state index in [4.69, 9.17) is 19.3 Å². The second kappa shape index (κ2) is 8.55. The number of ether oxygens (including phenoxy) is 3. The molecule has 1 N–H and O–H groups in total. The van der Waals surface area contributed by atoms with Gasteiger partial charge in [0.05, 0.1) is 43.7 Å². The molecule has 3 aromatic rings. The van der Waals surface area contributed by atoms with Crippen molar-refractivity contribution in [2.75, 3.05) is 32.4 Å². The fourth-order valence-corrected chi connectivity index (χ4v) is 4.94. The van der Waals surface area contributed by atoms with E-state index in [1.165, 1.54) is 0 Å². The fourth-order valence-electron chi connectivity index (χ4n) is 3.77. The van der Waals surface area contributed by atoms with Gasteiger partial charge in [0.25, 0.3) is 0 Å². The topological polar surface area (TPSA) is 74.6 Å². The van der Waals surface area contributed by atoms with Gasteiger partial charge in [0.15, 0.2) is 11.5 Å². The molecule has 31 heavy (non-hydrogen) atoms. The summed E-state index contributed by atoms with van der Waals surface area (Å²) in [5, 5.41) is 7.69. The molecule has 2 aromatic carbocycles. The van der Waals surface area contributed by atoms with E-state index in [0.29, 0.717) is 28.8 Å². The van der Waals surface area contributed by atoms with Gasteiger partial charge in [-0.15, -0.1) is 11.8 Å². The van der Waals surface area contributed by atoms with Crippen LogP contribution in [0, 0.1) is 13.8 Å². The van der Waals surface area contributed by atoms with Gasteiger partial charge in [-0.2, -0.15) is 5.10 Å². The van der Waals surface area contributed by atoms with Crippen LogP contribution in [-0.2, 0) is 4.79 Å². The molecule has 0 aliphatic carbocycles. The maximum atomic E-state index is 12.6. The van der Waals surface area contributed by atoms with Crippen LogP contribution in [0.1, 0.15) is 27.6 Å². The average Bonchev–Trinajstić information content (AvgIpc) is 2.98. The van der Waals surface area contributed by atoms with Crippen molar-refractivity contribution in [3.63, 3.8) is 0 Å². The second-order valence-corrected chi connectivity index (χ2v) is 8.39. The third-order valence-corrected chi connectivity index (χ3v) is 6.55. The molecule has 1 amide bonds. The highest BCUT2D eigenvalue weighted by Gasteiger charge is 2.32. The predicted molar refractivity (Wildman–Crippen MR) is 122 cm³/mol. The molecule has 1 aromatic heterocycles. The fraction of sp³-hybridized carbons (Fsp3) is 0.304. The number of carbonyl (C=O) groups is 1. The number of fused-ring (bicyclic) bond motifs is 1. The van der Waals surface area contributed by atoms with E-state index in [-0.39, 0.29) is 11.2 Å². The number of hydrogen-bond donors (Lipinski definition) is 1. The van der Waals surface area contributed by atoms with E-state index in [1.807, 2.05) is 50.2 Å². The SMILES string of the molecule is COc1cc([C@@H]2SCC(=O)Nc3c2c(C)nn3-c2ccc(C)cc2)cc(OC)c1OC. The molecule has 0 saturated carbocycles. The molecule has 2 heterocycles. The van der Waals surface area contributed by atoms with E-state index in [0.717, 1.165) is 28.1 Å². The van der Waals surface area contributed by atoms with Gasteiger partial charge in [-0.1, -0.05) is 17.7 Å². The molecule has 1 atom stereocenters. The summed E-state index contributed by atoms with van der Waals surface area (Å²) in [6, 6.07) is 11.9. The first-order chi connectivity index (χ1) is 15.0. The zero-order valence-electron chi connectivity index (χ0n) is 18.2. The van der Waals surface area contributed by atoms with Gasteiger partial charge in [0, 0.05) is 5.56 Å². The van der Waals surface area contributed by atoms with Crippen molar-refractivity contribution >= 4 is 23.5 Å². The monoisotopic (exact) mass is 439 g/mol. The van der Waals surface area contributed by atoms with Gasteiger partial charge in [0.2, 0.25) is 11.7 Å². The van der Waals surface area contributed by atoms with Crippen LogP contribution in [-0.4, -0.2) is 42.8 Å². The Morgan fingerprint density at radius 1 is 1.03 bits per heavy atom. The minimum absolute atomic E-state index is 0.0607. The number of nitrogens with one attached hydrogen (secondary N) is 1. The molecule has 0 fully saturated rings.